The number of rotatable bonds is 7. The molecule has 0 radical (unpaired) electrons. The van der Waals surface area contributed by atoms with Crippen molar-refractivity contribution in [2.75, 3.05) is 43.9 Å². The molecule has 0 saturated carbocycles. The summed E-state index contributed by atoms with van der Waals surface area (Å²) >= 11 is 7.57. The van der Waals surface area contributed by atoms with Gasteiger partial charge in [-0.2, -0.15) is 0 Å². The molecule has 1 amide bonds. The van der Waals surface area contributed by atoms with Crippen molar-refractivity contribution in [2.24, 2.45) is 0 Å². The molecule has 1 aliphatic rings. The molecule has 1 saturated heterocycles. The molecule has 1 N–H and O–H groups in total. The Morgan fingerprint density at radius 2 is 1.78 bits per heavy atom. The number of hydrogen-bond donors (Lipinski definition) is 1. The second kappa shape index (κ2) is 10.0. The Morgan fingerprint density at radius 1 is 1.07 bits per heavy atom. The minimum absolute atomic E-state index is 0.0876. The fourth-order valence-electron chi connectivity index (χ4n) is 3.09. The summed E-state index contributed by atoms with van der Waals surface area (Å²) in [6, 6.07) is 16.1. The topological polar surface area (TPSA) is 35.6 Å². The number of hydrogen-bond acceptors (Lipinski definition) is 4. The molecule has 144 valence electrons. The van der Waals surface area contributed by atoms with Crippen molar-refractivity contribution in [3.8, 4) is 0 Å². The molecule has 6 heteroatoms. The van der Waals surface area contributed by atoms with Gasteiger partial charge in [0.25, 0.3) is 0 Å². The minimum atomic E-state index is 0.0876. The largest absolute Gasteiger partial charge is 0.369 e. The summed E-state index contributed by atoms with van der Waals surface area (Å²) in [5.41, 5.74) is 2.42. The highest BCUT2D eigenvalue weighted by Gasteiger charge is 2.16. The smallest absolute Gasteiger partial charge is 0.221 e. The van der Waals surface area contributed by atoms with E-state index in [2.05, 4.69) is 40.4 Å². The molecule has 27 heavy (non-hydrogen) atoms. The van der Waals surface area contributed by atoms with E-state index in [-0.39, 0.29) is 5.91 Å². The monoisotopic (exact) mass is 403 g/mol. The summed E-state index contributed by atoms with van der Waals surface area (Å²) in [7, 11) is 2.16. The molecule has 0 bridgehead atoms. The molecule has 1 aliphatic heterocycles. The first kappa shape index (κ1) is 20.1. The number of anilines is 1. The van der Waals surface area contributed by atoms with Gasteiger partial charge in [-0.1, -0.05) is 29.8 Å². The SMILES string of the molecule is CN1CCN(c2ccccc2CNC(=O)CCSc2ccc(Cl)cc2)CC1. The molecule has 0 aliphatic carbocycles. The van der Waals surface area contributed by atoms with Crippen LogP contribution in [0, 0.1) is 0 Å². The zero-order valence-corrected chi connectivity index (χ0v) is 17.2. The Hall–Kier alpha value is -1.69. The second-order valence-corrected chi connectivity index (χ2v) is 8.35. The van der Waals surface area contributed by atoms with Crippen LogP contribution in [0.15, 0.2) is 53.4 Å². The van der Waals surface area contributed by atoms with Crippen LogP contribution in [-0.4, -0.2) is 49.8 Å². The molecular weight excluding hydrogens is 378 g/mol. The lowest BCUT2D eigenvalue weighted by molar-refractivity contribution is -0.120. The van der Waals surface area contributed by atoms with E-state index in [1.54, 1.807) is 11.8 Å². The lowest BCUT2D eigenvalue weighted by atomic mass is 10.1. The van der Waals surface area contributed by atoms with Crippen LogP contribution in [-0.2, 0) is 11.3 Å². The molecule has 0 aromatic heterocycles. The van der Waals surface area contributed by atoms with Gasteiger partial charge in [-0.15, -0.1) is 11.8 Å². The molecule has 4 nitrogen and oxygen atoms in total. The number of carbonyl (C=O) groups excluding carboxylic acids is 1. The van der Waals surface area contributed by atoms with Crippen molar-refractivity contribution >= 4 is 35.0 Å². The van der Waals surface area contributed by atoms with Gasteiger partial charge in [-0.25, -0.2) is 0 Å². The number of benzene rings is 2. The average molecular weight is 404 g/mol. The standard InChI is InChI=1S/C21H26ClN3OS/c1-24-11-13-25(14-12-24)20-5-3-2-4-17(20)16-23-21(26)10-15-27-19-8-6-18(22)7-9-19/h2-9H,10-16H2,1H3,(H,23,26). The minimum Gasteiger partial charge on any atom is -0.369 e. The van der Waals surface area contributed by atoms with Crippen molar-refractivity contribution in [2.45, 2.75) is 17.9 Å². The van der Waals surface area contributed by atoms with Gasteiger partial charge in [0.1, 0.15) is 0 Å². The van der Waals surface area contributed by atoms with E-state index >= 15 is 0 Å². The van der Waals surface area contributed by atoms with E-state index in [0.29, 0.717) is 13.0 Å². The highest BCUT2D eigenvalue weighted by atomic mass is 35.5. The molecule has 2 aromatic carbocycles. The highest BCUT2D eigenvalue weighted by molar-refractivity contribution is 7.99. The van der Waals surface area contributed by atoms with Gasteiger partial charge >= 0.3 is 0 Å². The number of nitrogens with zero attached hydrogens (tertiary/aromatic N) is 2. The van der Waals surface area contributed by atoms with E-state index in [1.165, 1.54) is 11.3 Å². The highest BCUT2D eigenvalue weighted by Crippen LogP contribution is 2.22. The maximum atomic E-state index is 12.2. The predicted octanol–water partition coefficient (Wildman–Crippen LogP) is 3.89. The summed E-state index contributed by atoms with van der Waals surface area (Å²) in [6.07, 6.45) is 0.504. The number of halogens is 1. The summed E-state index contributed by atoms with van der Waals surface area (Å²) in [5.74, 6) is 0.845. The van der Waals surface area contributed by atoms with Gasteiger partial charge in [0, 0.05) is 60.5 Å². The number of piperazine rings is 1. The van der Waals surface area contributed by atoms with Crippen LogP contribution >= 0.6 is 23.4 Å². The Kier molecular flexibility index (Phi) is 7.44. The number of para-hydroxylation sites is 1. The van der Waals surface area contributed by atoms with Crippen molar-refractivity contribution in [3.05, 3.63) is 59.1 Å². The first-order valence-corrected chi connectivity index (χ1v) is 10.6. The van der Waals surface area contributed by atoms with Crippen molar-refractivity contribution < 1.29 is 4.79 Å². The molecule has 1 heterocycles. The first-order chi connectivity index (χ1) is 13.1. The van der Waals surface area contributed by atoms with Crippen LogP contribution < -0.4 is 10.2 Å². The quantitative estimate of drug-likeness (QED) is 0.711. The maximum Gasteiger partial charge on any atom is 0.221 e. The summed E-state index contributed by atoms with van der Waals surface area (Å²) in [6.45, 7) is 4.77. The number of likely N-dealkylation sites (N-methyl/N-ethyl adjacent to an activating group) is 1. The molecule has 0 unspecified atom stereocenters. The zero-order valence-electron chi connectivity index (χ0n) is 15.7. The van der Waals surface area contributed by atoms with E-state index in [0.717, 1.165) is 41.8 Å². The summed E-state index contributed by atoms with van der Waals surface area (Å²) < 4.78 is 0. The van der Waals surface area contributed by atoms with Gasteiger partial charge in [0.05, 0.1) is 0 Å². The second-order valence-electron chi connectivity index (χ2n) is 6.75. The van der Waals surface area contributed by atoms with Crippen LogP contribution in [0.4, 0.5) is 5.69 Å². The lowest BCUT2D eigenvalue weighted by Gasteiger charge is -2.35. The average Bonchev–Trinajstić information content (AvgIpc) is 2.69. The van der Waals surface area contributed by atoms with Gasteiger partial charge in [-0.3, -0.25) is 4.79 Å². The fourth-order valence-corrected chi connectivity index (χ4v) is 4.07. The van der Waals surface area contributed by atoms with Gasteiger partial charge in [-0.05, 0) is 42.9 Å². The van der Waals surface area contributed by atoms with Crippen molar-refractivity contribution in [1.29, 1.82) is 0 Å². The molecular formula is C21H26ClN3OS. The number of amides is 1. The Bertz CT molecular complexity index is 745. The third-order valence-electron chi connectivity index (χ3n) is 4.72. The maximum absolute atomic E-state index is 12.2. The number of nitrogens with one attached hydrogen (secondary N) is 1. The van der Waals surface area contributed by atoms with Gasteiger partial charge < -0.3 is 15.1 Å². The molecule has 2 aromatic rings. The molecule has 3 rings (SSSR count). The van der Waals surface area contributed by atoms with Crippen LogP contribution in [0.25, 0.3) is 0 Å². The molecule has 1 fully saturated rings. The Labute approximate surface area is 170 Å². The van der Waals surface area contributed by atoms with Crippen LogP contribution in [0.5, 0.6) is 0 Å². The first-order valence-electron chi connectivity index (χ1n) is 9.28. The Morgan fingerprint density at radius 3 is 2.52 bits per heavy atom. The zero-order chi connectivity index (χ0) is 19.1. The van der Waals surface area contributed by atoms with Crippen molar-refractivity contribution in [1.82, 2.24) is 10.2 Å². The van der Waals surface area contributed by atoms with E-state index in [1.807, 2.05) is 30.3 Å². The Balaban J connectivity index is 1.46. The molecule has 0 spiro atoms. The fraction of sp³-hybridized carbons (Fsp3) is 0.381. The lowest BCUT2D eigenvalue weighted by Crippen LogP contribution is -2.45. The van der Waals surface area contributed by atoms with E-state index in [9.17, 15) is 4.79 Å². The van der Waals surface area contributed by atoms with E-state index < -0.39 is 0 Å². The van der Waals surface area contributed by atoms with Crippen LogP contribution in [0.1, 0.15) is 12.0 Å². The predicted molar refractivity (Wildman–Crippen MR) is 115 cm³/mol. The van der Waals surface area contributed by atoms with Gasteiger partial charge in [0.15, 0.2) is 0 Å². The van der Waals surface area contributed by atoms with Crippen LogP contribution in [0.2, 0.25) is 5.02 Å². The normalized spacial score (nSPS) is 15.0. The van der Waals surface area contributed by atoms with E-state index in [4.69, 9.17) is 11.6 Å². The third kappa shape index (κ3) is 6.16. The van der Waals surface area contributed by atoms with Gasteiger partial charge in [0.2, 0.25) is 5.91 Å². The van der Waals surface area contributed by atoms with Crippen molar-refractivity contribution in [3.63, 3.8) is 0 Å². The number of carbonyl (C=O) groups is 1. The summed E-state index contributed by atoms with van der Waals surface area (Å²) in [5, 5.41) is 3.80. The van der Waals surface area contributed by atoms with Crippen LogP contribution in [0.3, 0.4) is 0 Å². The third-order valence-corrected chi connectivity index (χ3v) is 5.99. The summed E-state index contributed by atoms with van der Waals surface area (Å²) in [4.78, 5) is 18.1. The molecule has 0 atom stereocenters. The number of thioether (sulfide) groups is 1.